The van der Waals surface area contributed by atoms with Crippen LogP contribution in [0.25, 0.3) is 11.3 Å². The fourth-order valence-electron chi connectivity index (χ4n) is 1.50. The van der Waals surface area contributed by atoms with Gasteiger partial charge in [-0.05, 0) is 24.3 Å². The molecule has 0 aliphatic carbocycles. The fraction of sp³-hybridized carbons (Fsp3) is 0.167. The lowest BCUT2D eigenvalue weighted by Crippen LogP contribution is -2.01. The van der Waals surface area contributed by atoms with Gasteiger partial charge < -0.3 is 5.73 Å². The summed E-state index contributed by atoms with van der Waals surface area (Å²) in [7, 11) is -3.17. The summed E-state index contributed by atoms with van der Waals surface area (Å²) in [6, 6.07) is 10.1. The molecule has 5 nitrogen and oxygen atoms in total. The zero-order valence-electron chi connectivity index (χ0n) is 9.87. The predicted molar refractivity (Wildman–Crippen MR) is 68.5 cm³/mol. The summed E-state index contributed by atoms with van der Waals surface area (Å²) < 4.78 is 22.6. The first-order chi connectivity index (χ1) is 8.50. The average Bonchev–Trinajstić information content (AvgIpc) is 2.38. The van der Waals surface area contributed by atoms with Gasteiger partial charge in [-0.25, -0.2) is 8.42 Å². The highest BCUT2D eigenvalue weighted by Crippen LogP contribution is 2.18. The van der Waals surface area contributed by atoms with Crippen molar-refractivity contribution in [2.24, 2.45) is 5.73 Å². The normalized spacial score (nSPS) is 11.4. The average molecular weight is 263 g/mol. The maximum absolute atomic E-state index is 11.3. The third-order valence-corrected chi connectivity index (χ3v) is 3.64. The Morgan fingerprint density at radius 2 is 1.72 bits per heavy atom. The molecule has 0 aliphatic rings. The third-order valence-electron chi connectivity index (χ3n) is 2.51. The Morgan fingerprint density at radius 3 is 2.17 bits per heavy atom. The molecule has 0 saturated carbocycles. The molecule has 2 N–H and O–H groups in total. The summed E-state index contributed by atoms with van der Waals surface area (Å²) in [4.78, 5) is 0.290. The highest BCUT2D eigenvalue weighted by molar-refractivity contribution is 7.90. The number of benzene rings is 1. The zero-order chi connectivity index (χ0) is 13.2. The second-order valence-corrected chi connectivity index (χ2v) is 5.93. The molecule has 2 aromatic rings. The molecule has 0 fully saturated rings. The molecular weight excluding hydrogens is 250 g/mol. The van der Waals surface area contributed by atoms with E-state index in [9.17, 15) is 8.42 Å². The molecule has 1 aromatic heterocycles. The second kappa shape index (κ2) is 4.83. The standard InChI is InChI=1S/C12H13N3O2S/c1-18(16,17)11-5-2-9(3-6-11)12-7-4-10(8-13)14-15-12/h2-7H,8,13H2,1H3. The smallest absolute Gasteiger partial charge is 0.175 e. The van der Waals surface area contributed by atoms with Gasteiger partial charge in [0.2, 0.25) is 0 Å². The number of hydrogen-bond donors (Lipinski definition) is 1. The Morgan fingerprint density at radius 1 is 1.06 bits per heavy atom. The van der Waals surface area contributed by atoms with Crippen LogP contribution in [0, 0.1) is 0 Å². The Labute approximate surface area is 106 Å². The van der Waals surface area contributed by atoms with Gasteiger partial charge in [-0.2, -0.15) is 10.2 Å². The van der Waals surface area contributed by atoms with Gasteiger partial charge in [0.25, 0.3) is 0 Å². The minimum atomic E-state index is -3.17. The summed E-state index contributed by atoms with van der Waals surface area (Å²) in [6.45, 7) is 0.348. The van der Waals surface area contributed by atoms with Crippen LogP contribution in [0.1, 0.15) is 5.69 Å². The summed E-state index contributed by atoms with van der Waals surface area (Å²) in [5.41, 5.74) is 7.66. The maximum Gasteiger partial charge on any atom is 0.175 e. The molecule has 94 valence electrons. The Hall–Kier alpha value is -1.79. The number of rotatable bonds is 3. The van der Waals surface area contributed by atoms with Gasteiger partial charge in [0, 0.05) is 18.4 Å². The molecule has 0 atom stereocenters. The van der Waals surface area contributed by atoms with Crippen LogP contribution in [-0.2, 0) is 16.4 Å². The number of sulfone groups is 1. The van der Waals surface area contributed by atoms with Crippen molar-refractivity contribution in [2.75, 3.05) is 6.26 Å². The summed E-state index contributed by atoms with van der Waals surface area (Å²) in [5, 5.41) is 7.98. The first-order valence-corrected chi connectivity index (χ1v) is 7.23. The molecule has 0 bridgehead atoms. The topological polar surface area (TPSA) is 85.9 Å². The first-order valence-electron chi connectivity index (χ1n) is 5.34. The van der Waals surface area contributed by atoms with E-state index < -0.39 is 9.84 Å². The molecule has 1 heterocycles. The molecule has 0 saturated heterocycles. The van der Waals surface area contributed by atoms with Crippen molar-refractivity contribution in [3.63, 3.8) is 0 Å². The van der Waals surface area contributed by atoms with Crippen LogP contribution in [0.3, 0.4) is 0 Å². The number of nitrogens with zero attached hydrogens (tertiary/aromatic N) is 2. The minimum absolute atomic E-state index is 0.290. The van der Waals surface area contributed by atoms with Crippen LogP contribution in [0.4, 0.5) is 0 Å². The summed E-state index contributed by atoms with van der Waals surface area (Å²) in [6.07, 6.45) is 1.18. The van der Waals surface area contributed by atoms with Crippen molar-refractivity contribution in [3.05, 3.63) is 42.1 Å². The van der Waals surface area contributed by atoms with Crippen LogP contribution in [0.2, 0.25) is 0 Å². The monoisotopic (exact) mass is 263 g/mol. The van der Waals surface area contributed by atoms with Gasteiger partial charge in [-0.3, -0.25) is 0 Å². The predicted octanol–water partition coefficient (Wildman–Crippen LogP) is 1.01. The van der Waals surface area contributed by atoms with Gasteiger partial charge in [-0.1, -0.05) is 12.1 Å². The quantitative estimate of drug-likeness (QED) is 0.893. The van der Waals surface area contributed by atoms with Crippen molar-refractivity contribution in [1.29, 1.82) is 0 Å². The van der Waals surface area contributed by atoms with Gasteiger partial charge in [-0.15, -0.1) is 0 Å². The fourth-order valence-corrected chi connectivity index (χ4v) is 2.13. The number of aromatic nitrogens is 2. The van der Waals surface area contributed by atoms with Gasteiger partial charge in [0.05, 0.1) is 16.3 Å². The molecular formula is C12H13N3O2S. The SMILES string of the molecule is CS(=O)(=O)c1ccc(-c2ccc(CN)nn2)cc1. The van der Waals surface area contributed by atoms with E-state index in [-0.39, 0.29) is 4.90 Å². The van der Waals surface area contributed by atoms with Crippen LogP contribution in [-0.4, -0.2) is 24.9 Å². The van der Waals surface area contributed by atoms with E-state index in [1.54, 1.807) is 30.3 Å². The molecule has 1 aromatic carbocycles. The largest absolute Gasteiger partial charge is 0.325 e. The van der Waals surface area contributed by atoms with E-state index in [0.717, 1.165) is 5.56 Å². The lowest BCUT2D eigenvalue weighted by molar-refractivity contribution is 0.602. The Balaban J connectivity index is 2.34. The highest BCUT2D eigenvalue weighted by atomic mass is 32.2. The van der Waals surface area contributed by atoms with Crippen molar-refractivity contribution in [2.45, 2.75) is 11.4 Å². The zero-order valence-corrected chi connectivity index (χ0v) is 10.7. The number of hydrogen-bond acceptors (Lipinski definition) is 5. The second-order valence-electron chi connectivity index (χ2n) is 3.91. The van der Waals surface area contributed by atoms with Crippen molar-refractivity contribution < 1.29 is 8.42 Å². The van der Waals surface area contributed by atoms with E-state index in [2.05, 4.69) is 10.2 Å². The van der Waals surface area contributed by atoms with Crippen LogP contribution in [0.15, 0.2) is 41.3 Å². The van der Waals surface area contributed by atoms with E-state index in [1.807, 2.05) is 6.07 Å². The van der Waals surface area contributed by atoms with Crippen molar-refractivity contribution >= 4 is 9.84 Å². The molecule has 2 rings (SSSR count). The first kappa shape index (κ1) is 12.7. The van der Waals surface area contributed by atoms with Crippen LogP contribution < -0.4 is 5.73 Å². The molecule has 18 heavy (non-hydrogen) atoms. The van der Waals surface area contributed by atoms with E-state index >= 15 is 0 Å². The molecule has 0 unspecified atom stereocenters. The summed E-state index contributed by atoms with van der Waals surface area (Å²) >= 11 is 0. The van der Waals surface area contributed by atoms with Crippen molar-refractivity contribution in [3.8, 4) is 11.3 Å². The third kappa shape index (κ3) is 2.72. The maximum atomic E-state index is 11.3. The lowest BCUT2D eigenvalue weighted by atomic mass is 10.1. The van der Waals surface area contributed by atoms with E-state index in [4.69, 9.17) is 5.73 Å². The molecule has 0 radical (unpaired) electrons. The van der Waals surface area contributed by atoms with E-state index in [1.165, 1.54) is 6.26 Å². The van der Waals surface area contributed by atoms with Gasteiger partial charge >= 0.3 is 0 Å². The molecule has 0 spiro atoms. The van der Waals surface area contributed by atoms with Gasteiger partial charge in [0.15, 0.2) is 9.84 Å². The van der Waals surface area contributed by atoms with Gasteiger partial charge in [0.1, 0.15) is 0 Å². The highest BCUT2D eigenvalue weighted by Gasteiger charge is 2.07. The molecule has 6 heteroatoms. The number of nitrogens with two attached hydrogens (primary N) is 1. The van der Waals surface area contributed by atoms with Crippen LogP contribution >= 0.6 is 0 Å². The minimum Gasteiger partial charge on any atom is -0.325 e. The molecule has 0 amide bonds. The van der Waals surface area contributed by atoms with Crippen molar-refractivity contribution in [1.82, 2.24) is 10.2 Å². The summed E-state index contributed by atoms with van der Waals surface area (Å²) in [5.74, 6) is 0. The lowest BCUT2D eigenvalue weighted by Gasteiger charge is -2.02. The van der Waals surface area contributed by atoms with Crippen LogP contribution in [0.5, 0.6) is 0 Å². The Bertz CT molecular complexity index is 634. The van der Waals surface area contributed by atoms with E-state index in [0.29, 0.717) is 17.9 Å². The molecule has 0 aliphatic heterocycles. The Kier molecular flexibility index (Phi) is 3.40.